The van der Waals surface area contributed by atoms with Gasteiger partial charge >= 0.3 is 18.1 Å². The molecule has 10 N–H and O–H groups in total. The van der Waals surface area contributed by atoms with Crippen molar-refractivity contribution in [2.75, 3.05) is 65.0 Å². The second-order valence-electron chi connectivity index (χ2n) is 28.5. The van der Waals surface area contributed by atoms with Gasteiger partial charge in [-0.1, -0.05) is 104 Å². The number of carbonyl (C=O) groups excluding carboxylic acids is 7. The highest BCUT2D eigenvalue weighted by Gasteiger charge is 2.66. The van der Waals surface area contributed by atoms with Crippen molar-refractivity contribution in [2.45, 2.75) is 155 Å². The minimum absolute atomic E-state index is 0.0351. The second kappa shape index (κ2) is 32.3. The van der Waals surface area contributed by atoms with Gasteiger partial charge in [0.05, 0.1) is 38.8 Å². The van der Waals surface area contributed by atoms with Crippen molar-refractivity contribution < 1.29 is 65.9 Å². The average molecular weight is 1540 g/mol. The topological polar surface area (TPSA) is 378 Å². The third-order valence-electron chi connectivity index (χ3n) is 19.6. The second-order valence-corrected chi connectivity index (χ2v) is 31.9. The number of aromatic carboxylic acids is 1. The van der Waals surface area contributed by atoms with Crippen molar-refractivity contribution in [2.24, 2.45) is 27.9 Å². The zero-order valence-electron chi connectivity index (χ0n) is 57.5. The van der Waals surface area contributed by atoms with Crippen LogP contribution in [0.15, 0.2) is 85.1 Å². The van der Waals surface area contributed by atoms with E-state index in [0.29, 0.717) is 102 Å². The van der Waals surface area contributed by atoms with Crippen LogP contribution in [0.4, 0.5) is 26.2 Å². The number of nitrogens with one attached hydrogen (secondary N) is 6. The molecule has 4 atom stereocenters. The highest BCUT2D eigenvalue weighted by atomic mass is 127. The number of fused-ring (bicyclic) bond motifs is 2. The van der Waals surface area contributed by atoms with E-state index >= 15 is 0 Å². The Morgan fingerprint density at radius 2 is 1.54 bits per heavy atom. The maximum absolute atomic E-state index is 13.9. The Morgan fingerprint density at radius 1 is 0.802 bits per heavy atom. The van der Waals surface area contributed by atoms with E-state index in [2.05, 4.69) is 50.7 Å². The summed E-state index contributed by atoms with van der Waals surface area (Å²) in [6.45, 7) is 11.5. The van der Waals surface area contributed by atoms with Crippen LogP contribution < -0.4 is 42.5 Å². The van der Waals surface area contributed by atoms with Crippen molar-refractivity contribution in [1.29, 1.82) is 0 Å². The molecule has 4 bridgehead atoms. The van der Waals surface area contributed by atoms with Gasteiger partial charge in [0.25, 0.3) is 16.0 Å². The van der Waals surface area contributed by atoms with Gasteiger partial charge in [-0.25, -0.2) is 24.4 Å². The average Bonchev–Trinajstić information content (AvgIpc) is 0.834. The number of carbonyl (C=O) groups is 8. The van der Waals surface area contributed by atoms with Crippen LogP contribution in [-0.2, 0) is 64.9 Å². The molecular formula is C71H90IN13O14S2. The first-order valence-corrected chi connectivity index (χ1v) is 38.1. The van der Waals surface area contributed by atoms with E-state index in [9.17, 15) is 56.4 Å². The van der Waals surface area contributed by atoms with E-state index in [1.54, 1.807) is 56.4 Å². The van der Waals surface area contributed by atoms with E-state index < -0.39 is 63.5 Å². The number of nitrogens with zero attached hydrogens (tertiary/aromatic N) is 6. The van der Waals surface area contributed by atoms with Crippen molar-refractivity contribution in [3.63, 3.8) is 0 Å². The molecule has 3 aromatic heterocycles. The van der Waals surface area contributed by atoms with E-state index in [4.69, 9.17) is 25.3 Å². The van der Waals surface area contributed by atoms with Gasteiger partial charge in [-0.15, -0.1) is 0 Å². The molecule has 11 rings (SSSR count). The van der Waals surface area contributed by atoms with Crippen LogP contribution in [0, 0.1) is 29.1 Å². The Hall–Kier alpha value is -8.33. The van der Waals surface area contributed by atoms with Crippen LogP contribution in [0.2, 0.25) is 0 Å². The molecule has 0 radical (unpaired) electrons. The molecule has 2 unspecified atom stereocenters. The van der Waals surface area contributed by atoms with E-state index in [-0.39, 0.29) is 97.7 Å². The number of para-hydroxylation sites is 1. The molecule has 27 nitrogen and oxygen atoms in total. The van der Waals surface area contributed by atoms with Gasteiger partial charge in [0.1, 0.15) is 24.5 Å². The number of urea groups is 1. The number of anilines is 3. The van der Waals surface area contributed by atoms with E-state index in [1.165, 1.54) is 16.2 Å². The lowest BCUT2D eigenvalue weighted by molar-refractivity contribution is -0.248. The summed E-state index contributed by atoms with van der Waals surface area (Å²) in [6, 6.07) is 20.5. The molecule has 4 fully saturated rings. The molecule has 1 aliphatic heterocycles. The Kier molecular flexibility index (Phi) is 24.1. The predicted octanol–water partition coefficient (Wildman–Crippen LogP) is 9.16. The van der Waals surface area contributed by atoms with Crippen molar-refractivity contribution in [1.82, 2.24) is 45.9 Å². The van der Waals surface area contributed by atoms with Crippen LogP contribution in [0.1, 0.15) is 148 Å². The van der Waals surface area contributed by atoms with Gasteiger partial charge in [-0.05, 0) is 159 Å². The number of amides is 8. The first kappa shape index (κ1) is 75.3. The zero-order chi connectivity index (χ0) is 72.4. The van der Waals surface area contributed by atoms with Crippen LogP contribution in [0.25, 0.3) is 21.3 Å². The number of hydrogen-bond acceptors (Lipinski definition) is 17. The maximum Gasteiger partial charge on any atom is 0.410 e. The summed E-state index contributed by atoms with van der Waals surface area (Å²) in [5, 5.41) is 32.8. The Morgan fingerprint density at radius 3 is 2.25 bits per heavy atom. The number of primary amides is 1. The van der Waals surface area contributed by atoms with Crippen LogP contribution in [0.5, 0.6) is 0 Å². The number of thiazole rings is 1. The third kappa shape index (κ3) is 19.5. The monoisotopic (exact) mass is 1540 g/mol. The highest BCUT2D eigenvalue weighted by Crippen LogP contribution is 2.72. The van der Waals surface area contributed by atoms with E-state index in [0.717, 1.165) is 59.1 Å². The highest BCUT2D eigenvalue weighted by molar-refractivity contribution is 14.1. The number of rotatable bonds is 33. The van der Waals surface area contributed by atoms with Crippen molar-refractivity contribution >= 4 is 119 Å². The fourth-order valence-corrected chi connectivity index (χ4v) is 17.7. The summed E-state index contributed by atoms with van der Waals surface area (Å²) >= 11 is 3.38. The molecule has 4 heterocycles. The Balaban J connectivity index is 0.753. The lowest BCUT2D eigenvalue weighted by Gasteiger charge is -2.69. The molecule has 0 saturated heterocycles. The van der Waals surface area contributed by atoms with Gasteiger partial charge in [-0.3, -0.25) is 38.5 Å². The molecule has 5 aliphatic rings. The molecule has 4 aliphatic carbocycles. The lowest BCUT2D eigenvalue weighted by Crippen LogP contribution is -2.64. The SMILES string of the molecule is Cc1c(-c2ccc(N3CCc4cccc(C(=O)Nc5nc6ccccc6s5)c4C3)nc2C(=O)O)cnn1CC12CC3(C)CC(C)(C1)CC(OCCN(CCS(=O)(=O)O)C(=O)OCc1ccc(NC(=O)[C@H](CCCNC(N)=O)NC(=O)[C@@H](NC(=O)CCCCCNC(=O)CI)C(C)C)cc1)(C3)C2. The minimum atomic E-state index is -4.50. The molecule has 101 heavy (non-hydrogen) atoms. The normalized spacial score (nSPS) is 20.3. The molecule has 542 valence electrons. The zero-order valence-corrected chi connectivity index (χ0v) is 61.3. The van der Waals surface area contributed by atoms with Crippen LogP contribution in [-0.4, -0.2) is 158 Å². The first-order chi connectivity index (χ1) is 48.0. The number of aromatic nitrogens is 4. The summed E-state index contributed by atoms with van der Waals surface area (Å²) in [5.74, 6) is -3.64. The number of nitrogens with two attached hydrogens (primary N) is 1. The lowest BCUT2D eigenvalue weighted by atomic mass is 9.39. The molecule has 4 saturated carbocycles. The van der Waals surface area contributed by atoms with Gasteiger partial charge < -0.3 is 56.7 Å². The molecule has 3 aromatic carbocycles. The Labute approximate surface area is 604 Å². The number of halogens is 1. The van der Waals surface area contributed by atoms with E-state index in [1.807, 2.05) is 81.6 Å². The van der Waals surface area contributed by atoms with Crippen LogP contribution >= 0.6 is 33.9 Å². The summed E-state index contributed by atoms with van der Waals surface area (Å²) < 4.78 is 50.0. The number of ether oxygens (including phenoxy) is 2. The predicted molar refractivity (Wildman–Crippen MR) is 390 cm³/mol. The van der Waals surface area contributed by atoms with Gasteiger partial charge in [0.2, 0.25) is 23.6 Å². The largest absolute Gasteiger partial charge is 0.476 e. The third-order valence-corrected chi connectivity index (χ3v) is 21.9. The number of hydrogen-bond donors (Lipinski definition) is 9. The summed E-state index contributed by atoms with van der Waals surface area (Å²) in [5.41, 5.74) is 9.90. The maximum atomic E-state index is 13.9. The van der Waals surface area contributed by atoms with Crippen LogP contribution in [0.3, 0.4) is 0 Å². The molecule has 6 aromatic rings. The molecule has 8 amide bonds. The fraction of sp³-hybridized carbons (Fsp3) is 0.507. The molecular weight excluding hydrogens is 1450 g/mol. The quantitative estimate of drug-likeness (QED) is 0.00802. The van der Waals surface area contributed by atoms with Gasteiger partial charge in [0, 0.05) is 80.3 Å². The number of carboxylic acid groups (broad SMARTS) is 1. The van der Waals surface area contributed by atoms with Gasteiger partial charge in [-0.2, -0.15) is 13.5 Å². The minimum Gasteiger partial charge on any atom is -0.476 e. The number of benzene rings is 3. The van der Waals surface area contributed by atoms with Gasteiger partial charge in [0.15, 0.2) is 10.8 Å². The summed E-state index contributed by atoms with van der Waals surface area (Å²) in [7, 11) is -4.50. The smallest absolute Gasteiger partial charge is 0.410 e. The van der Waals surface area contributed by atoms with Crippen molar-refractivity contribution in [3.8, 4) is 11.1 Å². The van der Waals surface area contributed by atoms with Crippen molar-refractivity contribution in [3.05, 3.63) is 119 Å². The first-order valence-electron chi connectivity index (χ1n) is 34.2. The number of unbranched alkanes of at least 4 members (excludes halogenated alkanes) is 2. The number of carboxylic acids is 1. The Bertz CT molecular complexity index is 4140. The number of pyridine rings is 1. The molecule has 0 spiro atoms. The number of alkyl halides is 1. The summed E-state index contributed by atoms with van der Waals surface area (Å²) in [6.07, 6.45) is 8.94. The fourth-order valence-electron chi connectivity index (χ4n) is 16.2. The summed E-state index contributed by atoms with van der Waals surface area (Å²) in [4.78, 5) is 117. The standard InChI is InChI=1S/C71H90IN13O14S2/c1-44(2)59(81-57(86)18-7-6-10-26-74-58(87)33-72)63(90)78-54(16-12-27-75-65(73)93)62(89)77-48-21-19-46(20-22-48)36-98-67(94)83(30-32-101(95,96)97)29-31-99-71-40-68(4)37-69(5,41-71)39-70(38-68,42-71)43-85-45(3)51(34-76-85)49-23-24-56(80-60(49)64(91)92)84-28-25-47-13-11-14-50(52(47)35-84)61(88)82-66-79-53-15-8-9-17-55(53)100-66/h8-9,11,13-15,17,19-24,34,44,54,59H,6-7,10,12,16,18,25-33,35-43H2,1-5H3,(H,74,87)(H,77,89)(H,78,90)(H,81,86)(H,91,92)(H3,73,75,93)(H,79,82,88)(H,95,96,97)/t54-,59-,68?,69?,70?,71?/m0/s1. The molecule has 30 heteroatoms.